The lowest BCUT2D eigenvalue weighted by molar-refractivity contribution is -0.736. The van der Waals surface area contributed by atoms with Gasteiger partial charge in [0.2, 0.25) is 11.2 Å². The van der Waals surface area contributed by atoms with Crippen LogP contribution in [0.5, 0.6) is 0 Å². The second kappa shape index (κ2) is 6.81. The van der Waals surface area contributed by atoms with Crippen LogP contribution in [0.3, 0.4) is 0 Å². The quantitative estimate of drug-likeness (QED) is 0.604. The van der Waals surface area contributed by atoms with Crippen molar-refractivity contribution in [3.05, 3.63) is 76.7 Å². The van der Waals surface area contributed by atoms with Crippen LogP contribution in [0.4, 0.5) is 0 Å². The molecule has 27 heavy (non-hydrogen) atoms. The predicted octanol–water partition coefficient (Wildman–Crippen LogP) is 4.63. The molecule has 0 N–H and O–H groups in total. The average Bonchev–Trinajstić information content (AvgIpc) is 2.72. The van der Waals surface area contributed by atoms with Gasteiger partial charge >= 0.3 is 0 Å². The van der Waals surface area contributed by atoms with E-state index in [0.29, 0.717) is 0 Å². The number of fused-ring (bicyclic) bond motifs is 5. The third-order valence-electron chi connectivity index (χ3n) is 6.31. The van der Waals surface area contributed by atoms with Crippen LogP contribution in [0.1, 0.15) is 39.2 Å². The molecule has 0 unspecified atom stereocenters. The molecule has 1 aromatic heterocycles. The summed E-state index contributed by atoms with van der Waals surface area (Å²) in [7, 11) is 0. The van der Waals surface area contributed by atoms with E-state index >= 15 is 0 Å². The molecule has 0 radical (unpaired) electrons. The van der Waals surface area contributed by atoms with Crippen LogP contribution in [0.25, 0.3) is 34.8 Å². The molecule has 0 bridgehead atoms. The molecule has 3 aromatic rings. The molecule has 1 nitrogen and oxygen atoms in total. The van der Waals surface area contributed by atoms with Crippen molar-refractivity contribution in [2.24, 2.45) is 0 Å². The van der Waals surface area contributed by atoms with Crippen LogP contribution < -0.4 is 15.0 Å². The highest BCUT2D eigenvalue weighted by Crippen LogP contribution is 2.35. The normalized spacial score (nSPS) is 15.9. The van der Waals surface area contributed by atoms with Gasteiger partial charge in [-0.05, 0) is 24.6 Å². The highest BCUT2D eigenvalue weighted by Gasteiger charge is 2.45. The van der Waals surface area contributed by atoms with Crippen LogP contribution in [-0.2, 0) is 12.0 Å². The summed E-state index contributed by atoms with van der Waals surface area (Å²) in [5.74, 6) is 0. The molecule has 0 spiro atoms. The zero-order valence-corrected chi connectivity index (χ0v) is 16.6. The van der Waals surface area contributed by atoms with Crippen molar-refractivity contribution < 1.29 is 4.57 Å². The van der Waals surface area contributed by atoms with E-state index in [9.17, 15) is 0 Å². The number of hydrogen-bond donors (Lipinski definition) is 0. The summed E-state index contributed by atoms with van der Waals surface area (Å²) in [5, 5.41) is 3.65. The van der Waals surface area contributed by atoms with Crippen molar-refractivity contribution in [1.29, 1.82) is 0 Å². The fraction of sp³-hybridized carbons (Fsp3) is 0.269. The maximum atomic E-state index is 4.58. The standard InChI is InChI=1S/C26H28N/c1-5-8-14-21-19(4)25-22-15-10-9-13-20(22)18-26(6-2,7-3)27(25)24-17-12-11-16-23(21)24/h5,8-17H,4,6-7,18H2,1-3H3/q+1. The highest BCUT2D eigenvalue weighted by molar-refractivity contribution is 5.81. The van der Waals surface area contributed by atoms with Gasteiger partial charge in [-0.1, -0.05) is 69.0 Å². The summed E-state index contributed by atoms with van der Waals surface area (Å²) in [6.07, 6.45) is 9.71. The Hall–Kier alpha value is -2.67. The lowest BCUT2D eigenvalue weighted by Crippen LogP contribution is -2.64. The van der Waals surface area contributed by atoms with Gasteiger partial charge in [0, 0.05) is 35.8 Å². The van der Waals surface area contributed by atoms with Crippen LogP contribution in [0, 0.1) is 0 Å². The Labute approximate surface area is 162 Å². The first-order valence-electron chi connectivity index (χ1n) is 10.0. The topological polar surface area (TPSA) is 3.88 Å². The molecule has 0 aliphatic carbocycles. The second-order valence-corrected chi connectivity index (χ2v) is 7.55. The van der Waals surface area contributed by atoms with Crippen LogP contribution >= 0.6 is 0 Å². The van der Waals surface area contributed by atoms with Gasteiger partial charge in [-0.3, -0.25) is 0 Å². The van der Waals surface area contributed by atoms with Crippen LogP contribution in [0.15, 0.2) is 60.7 Å². The van der Waals surface area contributed by atoms with E-state index in [4.69, 9.17) is 0 Å². The van der Waals surface area contributed by atoms with Gasteiger partial charge in [-0.25, -0.2) is 0 Å². The summed E-state index contributed by atoms with van der Waals surface area (Å²) < 4.78 is 2.61. The molecule has 1 aliphatic rings. The SMILES string of the molecule is C=c1c2[n+](c3ccccc3c1=CC=CC)C(CC)(CC)Cc1ccccc1-2. The minimum Gasteiger partial charge on any atom is -0.185 e. The van der Waals surface area contributed by atoms with Gasteiger partial charge in [-0.2, -0.15) is 4.57 Å². The zero-order chi connectivity index (χ0) is 19.0. The largest absolute Gasteiger partial charge is 0.221 e. The molecule has 2 heterocycles. The van der Waals surface area contributed by atoms with Gasteiger partial charge in [0.1, 0.15) is 0 Å². The minimum absolute atomic E-state index is 0.0921. The number of pyridine rings is 1. The predicted molar refractivity (Wildman–Crippen MR) is 116 cm³/mol. The van der Waals surface area contributed by atoms with Crippen molar-refractivity contribution in [1.82, 2.24) is 0 Å². The van der Waals surface area contributed by atoms with Crippen molar-refractivity contribution in [3.8, 4) is 11.3 Å². The summed E-state index contributed by atoms with van der Waals surface area (Å²) in [6.45, 7) is 11.3. The zero-order valence-electron chi connectivity index (χ0n) is 16.6. The lowest BCUT2D eigenvalue weighted by atomic mass is 9.78. The Kier molecular flexibility index (Phi) is 4.47. The van der Waals surface area contributed by atoms with E-state index in [1.54, 1.807) is 0 Å². The van der Waals surface area contributed by atoms with E-state index in [1.165, 1.54) is 32.9 Å². The lowest BCUT2D eigenvalue weighted by Gasteiger charge is -2.34. The Balaban J connectivity index is 2.29. The fourth-order valence-electron chi connectivity index (χ4n) is 4.76. The molecular formula is C26H28N+. The van der Waals surface area contributed by atoms with E-state index in [1.807, 2.05) is 0 Å². The number of para-hydroxylation sites is 1. The van der Waals surface area contributed by atoms with Gasteiger partial charge in [0.25, 0.3) is 0 Å². The number of benzene rings is 2. The van der Waals surface area contributed by atoms with Gasteiger partial charge in [0.05, 0.1) is 10.9 Å². The van der Waals surface area contributed by atoms with E-state index in [-0.39, 0.29) is 5.54 Å². The van der Waals surface area contributed by atoms with Crippen molar-refractivity contribution in [3.63, 3.8) is 0 Å². The maximum absolute atomic E-state index is 4.58. The van der Waals surface area contributed by atoms with Gasteiger partial charge in [0.15, 0.2) is 5.54 Å². The number of rotatable bonds is 3. The van der Waals surface area contributed by atoms with Gasteiger partial charge in [-0.15, -0.1) is 0 Å². The summed E-state index contributed by atoms with van der Waals surface area (Å²) >= 11 is 0. The molecule has 2 aromatic carbocycles. The molecule has 0 saturated heterocycles. The molecule has 4 rings (SSSR count). The molecule has 136 valence electrons. The fourth-order valence-corrected chi connectivity index (χ4v) is 4.76. The summed E-state index contributed by atoms with van der Waals surface area (Å²) in [5.41, 5.74) is 5.47. The first-order chi connectivity index (χ1) is 13.2. The van der Waals surface area contributed by atoms with Crippen LogP contribution in [-0.4, -0.2) is 0 Å². The first kappa shape index (κ1) is 17.7. The van der Waals surface area contributed by atoms with E-state index in [0.717, 1.165) is 24.5 Å². The van der Waals surface area contributed by atoms with E-state index < -0.39 is 0 Å². The van der Waals surface area contributed by atoms with E-state index in [2.05, 4.69) is 98.7 Å². The molecule has 1 aliphatic heterocycles. The number of aromatic nitrogens is 1. The first-order valence-corrected chi connectivity index (χ1v) is 10.0. The number of allylic oxidation sites excluding steroid dienone is 2. The monoisotopic (exact) mass is 354 g/mol. The Morgan fingerprint density at radius 3 is 2.48 bits per heavy atom. The Bertz CT molecular complexity index is 1150. The van der Waals surface area contributed by atoms with Crippen molar-refractivity contribution in [2.75, 3.05) is 0 Å². The average molecular weight is 355 g/mol. The van der Waals surface area contributed by atoms with Crippen molar-refractivity contribution >= 4 is 23.6 Å². The van der Waals surface area contributed by atoms with Crippen LogP contribution in [0.2, 0.25) is 0 Å². The maximum Gasteiger partial charge on any atom is 0.221 e. The molecular weight excluding hydrogens is 326 g/mol. The minimum atomic E-state index is 0.0921. The summed E-state index contributed by atoms with van der Waals surface area (Å²) in [6, 6.07) is 17.7. The molecule has 0 amide bonds. The van der Waals surface area contributed by atoms with Gasteiger partial charge < -0.3 is 0 Å². The third kappa shape index (κ3) is 2.56. The molecule has 0 atom stereocenters. The van der Waals surface area contributed by atoms with Crippen molar-refractivity contribution in [2.45, 2.75) is 45.6 Å². The molecule has 0 fully saturated rings. The smallest absolute Gasteiger partial charge is 0.185 e. The second-order valence-electron chi connectivity index (χ2n) is 7.55. The Morgan fingerprint density at radius 1 is 1.04 bits per heavy atom. The number of nitrogens with zero attached hydrogens (tertiary/aromatic N) is 1. The Morgan fingerprint density at radius 2 is 1.74 bits per heavy atom. The highest BCUT2D eigenvalue weighted by atomic mass is 15.1. The molecule has 1 heteroatoms. The third-order valence-corrected chi connectivity index (χ3v) is 6.31. The number of hydrogen-bond acceptors (Lipinski definition) is 0. The summed E-state index contributed by atoms with van der Waals surface area (Å²) in [4.78, 5) is 0. The molecule has 0 saturated carbocycles.